The molecule has 0 radical (unpaired) electrons. The molecule has 1 rings (SSSR count). The van der Waals surface area contributed by atoms with Gasteiger partial charge in [-0.1, -0.05) is 0 Å². The summed E-state index contributed by atoms with van der Waals surface area (Å²) in [5, 5.41) is 3.64. The first-order valence-electron chi connectivity index (χ1n) is 6.62. The Morgan fingerprint density at radius 2 is 2.00 bits per heavy atom. The first kappa shape index (κ1) is 13.9. The maximum absolute atomic E-state index is 5.42. The quantitative estimate of drug-likeness (QED) is 0.648. The SMILES string of the molecule is COCCCCCNC1CCCC(OC)C1. The molecule has 0 saturated heterocycles. The lowest BCUT2D eigenvalue weighted by Crippen LogP contribution is -2.37. The van der Waals surface area contributed by atoms with Gasteiger partial charge in [0, 0.05) is 26.9 Å². The van der Waals surface area contributed by atoms with E-state index >= 15 is 0 Å². The molecule has 1 aliphatic carbocycles. The maximum atomic E-state index is 5.42. The summed E-state index contributed by atoms with van der Waals surface area (Å²) in [5.74, 6) is 0. The Kier molecular flexibility index (Phi) is 7.81. The number of methoxy groups -OCH3 is 2. The second kappa shape index (κ2) is 8.97. The van der Waals surface area contributed by atoms with Crippen LogP contribution in [-0.2, 0) is 9.47 Å². The minimum Gasteiger partial charge on any atom is -0.385 e. The summed E-state index contributed by atoms with van der Waals surface area (Å²) in [6, 6.07) is 0.682. The summed E-state index contributed by atoms with van der Waals surface area (Å²) in [5.41, 5.74) is 0. The van der Waals surface area contributed by atoms with E-state index in [1.54, 1.807) is 7.11 Å². The average molecular weight is 229 g/mol. The van der Waals surface area contributed by atoms with E-state index < -0.39 is 0 Å². The van der Waals surface area contributed by atoms with Crippen LogP contribution in [0.3, 0.4) is 0 Å². The second-order valence-corrected chi connectivity index (χ2v) is 4.73. The molecule has 0 aliphatic heterocycles. The monoisotopic (exact) mass is 229 g/mol. The fourth-order valence-electron chi connectivity index (χ4n) is 2.40. The summed E-state index contributed by atoms with van der Waals surface area (Å²) < 4.78 is 10.5. The van der Waals surface area contributed by atoms with Crippen molar-refractivity contribution < 1.29 is 9.47 Å². The molecule has 0 heterocycles. The third-order valence-electron chi connectivity index (χ3n) is 3.42. The van der Waals surface area contributed by atoms with E-state index in [1.165, 1.54) is 44.9 Å². The van der Waals surface area contributed by atoms with Crippen molar-refractivity contribution >= 4 is 0 Å². The maximum Gasteiger partial charge on any atom is 0.0586 e. The van der Waals surface area contributed by atoms with Crippen molar-refractivity contribution in [1.29, 1.82) is 0 Å². The van der Waals surface area contributed by atoms with Gasteiger partial charge in [0.25, 0.3) is 0 Å². The zero-order valence-corrected chi connectivity index (χ0v) is 10.8. The fourth-order valence-corrected chi connectivity index (χ4v) is 2.40. The van der Waals surface area contributed by atoms with Gasteiger partial charge < -0.3 is 14.8 Å². The average Bonchev–Trinajstić information content (AvgIpc) is 2.34. The highest BCUT2D eigenvalue weighted by molar-refractivity contribution is 4.78. The molecular formula is C13H27NO2. The fraction of sp³-hybridized carbons (Fsp3) is 1.00. The van der Waals surface area contributed by atoms with E-state index in [2.05, 4.69) is 5.32 Å². The van der Waals surface area contributed by atoms with Crippen LogP contribution in [0.2, 0.25) is 0 Å². The Morgan fingerprint density at radius 1 is 1.12 bits per heavy atom. The predicted molar refractivity (Wildman–Crippen MR) is 66.8 cm³/mol. The Hall–Kier alpha value is -0.120. The molecule has 3 heteroatoms. The van der Waals surface area contributed by atoms with Gasteiger partial charge in [-0.2, -0.15) is 0 Å². The van der Waals surface area contributed by atoms with Crippen LogP contribution in [0.4, 0.5) is 0 Å². The molecule has 0 spiro atoms. The summed E-state index contributed by atoms with van der Waals surface area (Å²) >= 11 is 0. The number of rotatable bonds is 8. The van der Waals surface area contributed by atoms with Gasteiger partial charge in [0.05, 0.1) is 6.10 Å². The molecule has 0 aromatic heterocycles. The summed E-state index contributed by atoms with van der Waals surface area (Å²) in [7, 11) is 3.60. The van der Waals surface area contributed by atoms with E-state index in [9.17, 15) is 0 Å². The van der Waals surface area contributed by atoms with Crippen molar-refractivity contribution in [2.24, 2.45) is 0 Å². The van der Waals surface area contributed by atoms with Crippen molar-refractivity contribution in [2.75, 3.05) is 27.4 Å². The molecule has 0 aromatic carbocycles. The van der Waals surface area contributed by atoms with Crippen LogP contribution in [0, 0.1) is 0 Å². The lowest BCUT2D eigenvalue weighted by Gasteiger charge is -2.28. The third-order valence-corrected chi connectivity index (χ3v) is 3.42. The third kappa shape index (κ3) is 5.83. The van der Waals surface area contributed by atoms with Gasteiger partial charge in [-0.05, 0) is 51.5 Å². The van der Waals surface area contributed by atoms with Crippen LogP contribution >= 0.6 is 0 Å². The normalized spacial score (nSPS) is 25.9. The highest BCUT2D eigenvalue weighted by atomic mass is 16.5. The highest BCUT2D eigenvalue weighted by Gasteiger charge is 2.20. The molecule has 1 N–H and O–H groups in total. The Morgan fingerprint density at radius 3 is 2.75 bits per heavy atom. The molecule has 16 heavy (non-hydrogen) atoms. The van der Waals surface area contributed by atoms with E-state index in [1.807, 2.05) is 7.11 Å². The summed E-state index contributed by atoms with van der Waals surface area (Å²) in [6.07, 6.45) is 9.25. The summed E-state index contributed by atoms with van der Waals surface area (Å²) in [4.78, 5) is 0. The van der Waals surface area contributed by atoms with E-state index in [0.29, 0.717) is 12.1 Å². The molecule has 0 aromatic rings. The number of hydrogen-bond donors (Lipinski definition) is 1. The minimum atomic E-state index is 0.486. The van der Waals surface area contributed by atoms with Crippen LogP contribution in [0.1, 0.15) is 44.9 Å². The Bertz CT molecular complexity index is 164. The highest BCUT2D eigenvalue weighted by Crippen LogP contribution is 2.20. The van der Waals surface area contributed by atoms with E-state index in [-0.39, 0.29) is 0 Å². The van der Waals surface area contributed by atoms with Gasteiger partial charge in [-0.3, -0.25) is 0 Å². The Balaban J connectivity index is 1.95. The Labute approximate surface area is 99.9 Å². The summed E-state index contributed by atoms with van der Waals surface area (Å²) in [6.45, 7) is 2.04. The van der Waals surface area contributed by atoms with Crippen molar-refractivity contribution in [3.05, 3.63) is 0 Å². The lowest BCUT2D eigenvalue weighted by molar-refractivity contribution is 0.0588. The van der Waals surface area contributed by atoms with Crippen molar-refractivity contribution in [3.8, 4) is 0 Å². The first-order valence-corrected chi connectivity index (χ1v) is 6.62. The van der Waals surface area contributed by atoms with Crippen LogP contribution in [0.5, 0.6) is 0 Å². The predicted octanol–water partition coefficient (Wildman–Crippen LogP) is 2.35. The molecule has 1 saturated carbocycles. The van der Waals surface area contributed by atoms with E-state index in [0.717, 1.165) is 13.2 Å². The number of hydrogen-bond acceptors (Lipinski definition) is 3. The van der Waals surface area contributed by atoms with Crippen LogP contribution in [0.15, 0.2) is 0 Å². The van der Waals surface area contributed by atoms with E-state index in [4.69, 9.17) is 9.47 Å². The smallest absolute Gasteiger partial charge is 0.0586 e. The van der Waals surface area contributed by atoms with Gasteiger partial charge in [-0.15, -0.1) is 0 Å². The zero-order valence-electron chi connectivity index (χ0n) is 10.8. The number of nitrogens with one attached hydrogen (secondary N) is 1. The van der Waals surface area contributed by atoms with Gasteiger partial charge in [0.1, 0.15) is 0 Å². The van der Waals surface area contributed by atoms with Crippen molar-refractivity contribution in [3.63, 3.8) is 0 Å². The largest absolute Gasteiger partial charge is 0.385 e. The van der Waals surface area contributed by atoms with Gasteiger partial charge in [-0.25, -0.2) is 0 Å². The molecular weight excluding hydrogens is 202 g/mol. The molecule has 2 unspecified atom stereocenters. The lowest BCUT2D eigenvalue weighted by atomic mass is 9.93. The molecule has 1 aliphatic rings. The van der Waals surface area contributed by atoms with Gasteiger partial charge >= 0.3 is 0 Å². The van der Waals surface area contributed by atoms with Crippen LogP contribution < -0.4 is 5.32 Å². The molecule has 2 atom stereocenters. The minimum absolute atomic E-state index is 0.486. The van der Waals surface area contributed by atoms with Crippen LogP contribution in [-0.4, -0.2) is 39.5 Å². The molecule has 0 bridgehead atoms. The molecule has 0 amide bonds. The number of ether oxygens (including phenoxy) is 2. The van der Waals surface area contributed by atoms with Crippen molar-refractivity contribution in [1.82, 2.24) is 5.32 Å². The standard InChI is InChI=1S/C13H27NO2/c1-15-10-5-3-4-9-14-12-7-6-8-13(11-12)16-2/h12-14H,3-11H2,1-2H3. The van der Waals surface area contributed by atoms with Gasteiger partial charge in [0.2, 0.25) is 0 Å². The number of unbranched alkanes of at least 4 members (excludes halogenated alkanes) is 2. The molecule has 1 fully saturated rings. The van der Waals surface area contributed by atoms with Crippen molar-refractivity contribution in [2.45, 2.75) is 57.1 Å². The zero-order chi connectivity index (χ0) is 11.6. The second-order valence-electron chi connectivity index (χ2n) is 4.73. The van der Waals surface area contributed by atoms with Gasteiger partial charge in [0.15, 0.2) is 0 Å². The molecule has 3 nitrogen and oxygen atoms in total. The first-order chi connectivity index (χ1) is 7.86. The van der Waals surface area contributed by atoms with Crippen LogP contribution in [0.25, 0.3) is 0 Å². The molecule has 96 valence electrons. The topological polar surface area (TPSA) is 30.5 Å².